The molecule has 3 aromatic rings. The highest BCUT2D eigenvalue weighted by atomic mass is 79.9. The standard InChI is InChI=1S/C25H29BrN2O.C7H15N/c1-17-6-5-9-19(12-17)21(14-25(27)29)23-16-28(15-18-7-3-2-4-8-18)24-11-10-20(26)13-22(23)24;8-6-7-4-2-1-3-5-7/h5-6,9-13,16,18,21H,2-4,7-8,14-15H2,1H3,(H2,27,29);7H,1-6,8H2. The smallest absolute Gasteiger partial charge is 0.218 e. The Kier molecular flexibility index (Phi) is 10.3. The molecule has 37 heavy (non-hydrogen) atoms. The number of aromatic nitrogens is 1. The van der Waals surface area contributed by atoms with E-state index >= 15 is 0 Å². The number of carbonyl (C=O) groups excluding carboxylic acids is 1. The molecule has 2 aromatic carbocycles. The average Bonchev–Trinajstić information content (AvgIpc) is 3.25. The second kappa shape index (κ2) is 13.6. The fourth-order valence-corrected chi connectivity index (χ4v) is 6.65. The van der Waals surface area contributed by atoms with Gasteiger partial charge in [-0.25, -0.2) is 0 Å². The number of aryl methyl sites for hydroxylation is 1. The number of amides is 1. The van der Waals surface area contributed by atoms with Crippen molar-refractivity contribution in [3.05, 3.63) is 69.8 Å². The first-order valence-electron chi connectivity index (χ1n) is 14.3. The maximum absolute atomic E-state index is 12.0. The zero-order chi connectivity index (χ0) is 26.2. The lowest BCUT2D eigenvalue weighted by atomic mass is 9.87. The maximum Gasteiger partial charge on any atom is 0.218 e. The molecule has 1 heterocycles. The van der Waals surface area contributed by atoms with Gasteiger partial charge in [-0.15, -0.1) is 0 Å². The van der Waals surface area contributed by atoms with Crippen LogP contribution in [0.15, 0.2) is 53.1 Å². The quantitative estimate of drug-likeness (QED) is 0.306. The number of carbonyl (C=O) groups is 1. The maximum atomic E-state index is 12.0. The van der Waals surface area contributed by atoms with Crippen LogP contribution >= 0.6 is 15.9 Å². The molecule has 1 unspecified atom stereocenters. The van der Waals surface area contributed by atoms with Crippen molar-refractivity contribution in [2.45, 2.75) is 90.0 Å². The molecule has 0 radical (unpaired) electrons. The van der Waals surface area contributed by atoms with Gasteiger partial charge in [-0.2, -0.15) is 0 Å². The van der Waals surface area contributed by atoms with Gasteiger partial charge in [0.05, 0.1) is 0 Å². The van der Waals surface area contributed by atoms with Gasteiger partial charge in [-0.3, -0.25) is 4.79 Å². The molecule has 4 N–H and O–H groups in total. The normalized spacial score (nSPS) is 17.8. The van der Waals surface area contributed by atoms with E-state index in [1.54, 1.807) is 0 Å². The van der Waals surface area contributed by atoms with Crippen molar-refractivity contribution in [2.24, 2.45) is 23.3 Å². The Labute approximate surface area is 231 Å². The van der Waals surface area contributed by atoms with E-state index in [-0.39, 0.29) is 11.8 Å². The van der Waals surface area contributed by atoms with Gasteiger partial charge >= 0.3 is 0 Å². The van der Waals surface area contributed by atoms with Crippen molar-refractivity contribution in [1.29, 1.82) is 0 Å². The van der Waals surface area contributed by atoms with E-state index < -0.39 is 0 Å². The van der Waals surface area contributed by atoms with Gasteiger partial charge in [0.2, 0.25) is 5.91 Å². The number of hydrogen-bond donors (Lipinski definition) is 2. The highest BCUT2D eigenvalue weighted by Gasteiger charge is 2.23. The molecular weight excluding hydrogens is 522 g/mol. The zero-order valence-corrected chi connectivity index (χ0v) is 24.0. The van der Waals surface area contributed by atoms with Crippen LogP contribution in [0.2, 0.25) is 0 Å². The minimum absolute atomic E-state index is 0.0307. The van der Waals surface area contributed by atoms with Gasteiger partial charge in [0.15, 0.2) is 0 Å². The van der Waals surface area contributed by atoms with Gasteiger partial charge in [0, 0.05) is 40.5 Å². The molecule has 2 aliphatic carbocycles. The molecule has 1 aromatic heterocycles. The van der Waals surface area contributed by atoms with E-state index in [4.69, 9.17) is 11.5 Å². The van der Waals surface area contributed by atoms with Crippen LogP contribution in [0.1, 0.15) is 93.2 Å². The predicted octanol–water partition coefficient (Wildman–Crippen LogP) is 7.83. The highest BCUT2D eigenvalue weighted by molar-refractivity contribution is 9.10. The summed E-state index contributed by atoms with van der Waals surface area (Å²) >= 11 is 3.64. The van der Waals surface area contributed by atoms with E-state index in [1.165, 1.54) is 86.2 Å². The Morgan fingerprint density at radius 3 is 2.24 bits per heavy atom. The Morgan fingerprint density at radius 2 is 1.65 bits per heavy atom. The molecule has 5 heteroatoms. The first-order valence-corrected chi connectivity index (χ1v) is 15.1. The monoisotopic (exact) mass is 565 g/mol. The Morgan fingerprint density at radius 1 is 0.973 bits per heavy atom. The number of hydrogen-bond acceptors (Lipinski definition) is 2. The first-order chi connectivity index (χ1) is 17.9. The molecule has 200 valence electrons. The van der Waals surface area contributed by atoms with E-state index in [1.807, 2.05) is 0 Å². The number of halogens is 1. The lowest BCUT2D eigenvalue weighted by Gasteiger charge is -2.22. The molecule has 0 spiro atoms. The number of nitrogens with zero attached hydrogens (tertiary/aromatic N) is 1. The van der Waals surface area contributed by atoms with E-state index in [0.717, 1.165) is 35.0 Å². The van der Waals surface area contributed by atoms with Crippen LogP contribution in [0.4, 0.5) is 0 Å². The van der Waals surface area contributed by atoms with Crippen LogP contribution in [0.5, 0.6) is 0 Å². The summed E-state index contributed by atoms with van der Waals surface area (Å²) in [4.78, 5) is 12.0. The van der Waals surface area contributed by atoms with E-state index in [9.17, 15) is 4.79 Å². The van der Waals surface area contributed by atoms with Crippen molar-refractivity contribution in [1.82, 2.24) is 4.57 Å². The Balaban J connectivity index is 0.000000342. The molecule has 0 bridgehead atoms. The zero-order valence-electron chi connectivity index (χ0n) is 22.4. The predicted molar refractivity (Wildman–Crippen MR) is 159 cm³/mol. The van der Waals surface area contributed by atoms with Gasteiger partial charge in [-0.1, -0.05) is 84.3 Å². The number of primary amides is 1. The van der Waals surface area contributed by atoms with Crippen LogP contribution in [0.3, 0.4) is 0 Å². The molecule has 0 aliphatic heterocycles. The van der Waals surface area contributed by atoms with Crippen LogP contribution in [-0.4, -0.2) is 17.0 Å². The molecule has 4 nitrogen and oxygen atoms in total. The molecule has 2 aliphatic rings. The van der Waals surface area contributed by atoms with E-state index in [2.05, 4.69) is 76.1 Å². The van der Waals surface area contributed by atoms with Crippen LogP contribution in [0, 0.1) is 18.8 Å². The van der Waals surface area contributed by atoms with Crippen molar-refractivity contribution in [2.75, 3.05) is 6.54 Å². The molecule has 0 saturated heterocycles. The third-order valence-electron chi connectivity index (χ3n) is 8.34. The molecular formula is C32H44BrN3O. The summed E-state index contributed by atoms with van der Waals surface area (Å²) in [7, 11) is 0. The van der Waals surface area contributed by atoms with Gasteiger partial charge in [-0.05, 0) is 80.3 Å². The van der Waals surface area contributed by atoms with Crippen LogP contribution in [-0.2, 0) is 11.3 Å². The van der Waals surface area contributed by atoms with Gasteiger partial charge in [0.25, 0.3) is 0 Å². The minimum atomic E-state index is -0.264. The largest absolute Gasteiger partial charge is 0.370 e. The summed E-state index contributed by atoms with van der Waals surface area (Å²) in [6.45, 7) is 4.06. The molecule has 2 fully saturated rings. The van der Waals surface area contributed by atoms with Crippen LogP contribution < -0.4 is 11.5 Å². The second-order valence-electron chi connectivity index (χ2n) is 11.3. The highest BCUT2D eigenvalue weighted by Crippen LogP contribution is 2.37. The van der Waals surface area contributed by atoms with Crippen molar-refractivity contribution < 1.29 is 4.79 Å². The number of nitrogens with two attached hydrogens (primary N) is 2. The summed E-state index contributed by atoms with van der Waals surface area (Å²) in [6.07, 6.45) is 16.3. The summed E-state index contributed by atoms with van der Waals surface area (Å²) in [6, 6.07) is 14.9. The summed E-state index contributed by atoms with van der Waals surface area (Å²) < 4.78 is 3.47. The molecule has 1 atom stereocenters. The summed E-state index contributed by atoms with van der Waals surface area (Å²) in [5.74, 6) is 1.31. The average molecular weight is 567 g/mol. The second-order valence-corrected chi connectivity index (χ2v) is 12.2. The Bertz CT molecular complexity index is 1160. The summed E-state index contributed by atoms with van der Waals surface area (Å²) in [5.41, 5.74) is 16.0. The van der Waals surface area contributed by atoms with Crippen molar-refractivity contribution in [3.8, 4) is 0 Å². The number of benzene rings is 2. The Hall–Kier alpha value is -2.11. The first kappa shape index (κ1) is 27.9. The fraction of sp³-hybridized carbons (Fsp3) is 0.531. The number of rotatable bonds is 7. The third-order valence-corrected chi connectivity index (χ3v) is 8.83. The van der Waals surface area contributed by atoms with Gasteiger partial charge < -0.3 is 16.0 Å². The third kappa shape index (κ3) is 7.70. The fourth-order valence-electron chi connectivity index (χ4n) is 6.29. The van der Waals surface area contributed by atoms with Crippen molar-refractivity contribution >= 4 is 32.7 Å². The van der Waals surface area contributed by atoms with E-state index in [0.29, 0.717) is 6.42 Å². The SMILES string of the molecule is Cc1cccc(C(CC(N)=O)c2cn(CC3CCCCC3)c3ccc(Br)cc23)c1.NCC1CCCCC1. The molecule has 5 rings (SSSR count). The lowest BCUT2D eigenvalue weighted by molar-refractivity contribution is -0.118. The van der Waals surface area contributed by atoms with Crippen LogP contribution in [0.25, 0.3) is 10.9 Å². The molecule has 2 saturated carbocycles. The minimum Gasteiger partial charge on any atom is -0.370 e. The lowest BCUT2D eigenvalue weighted by Crippen LogP contribution is -2.16. The molecule has 1 amide bonds. The summed E-state index contributed by atoms with van der Waals surface area (Å²) in [5, 5.41) is 1.21. The van der Waals surface area contributed by atoms with Crippen molar-refractivity contribution in [3.63, 3.8) is 0 Å². The van der Waals surface area contributed by atoms with Gasteiger partial charge in [0.1, 0.15) is 0 Å². The topological polar surface area (TPSA) is 74.0 Å². The number of fused-ring (bicyclic) bond motifs is 1.